The minimum Gasteiger partial charge on any atom is -0.341 e. The number of nitrogens with zero attached hydrogens (tertiary/aromatic N) is 3. The number of carbonyl (C=O) groups excluding carboxylic acids is 2. The Kier molecular flexibility index (Phi) is 7.50. The Labute approximate surface area is 137 Å². The monoisotopic (exact) mass is 311 g/mol. The molecule has 1 rings (SSSR count). The highest BCUT2D eigenvalue weighted by atomic mass is 16.2. The van der Waals surface area contributed by atoms with Gasteiger partial charge in [0.05, 0.1) is 25.0 Å². The number of nitriles is 2. The molecule has 0 bridgehead atoms. The van der Waals surface area contributed by atoms with E-state index in [1.807, 2.05) is 38.1 Å². The molecule has 0 saturated heterocycles. The standard InChI is InChI=1S/C18H21N3O2/c1-14-5-6-16(13-15(14)2)17(22)7-8-18(23)21(11-3-9-19)12-4-10-20/h5-6,13H,3-4,7-8,11-12H2,1-2H3. The highest BCUT2D eigenvalue weighted by molar-refractivity contribution is 5.98. The summed E-state index contributed by atoms with van der Waals surface area (Å²) in [7, 11) is 0. The molecular formula is C18H21N3O2. The Hall–Kier alpha value is -2.66. The number of rotatable bonds is 8. The third-order valence-corrected chi connectivity index (χ3v) is 3.73. The summed E-state index contributed by atoms with van der Waals surface area (Å²) in [5.41, 5.74) is 2.78. The Morgan fingerprint density at radius 1 is 1.00 bits per heavy atom. The first kappa shape index (κ1) is 18.4. The number of hydrogen-bond donors (Lipinski definition) is 0. The lowest BCUT2D eigenvalue weighted by molar-refractivity contribution is -0.131. The van der Waals surface area contributed by atoms with E-state index in [9.17, 15) is 9.59 Å². The van der Waals surface area contributed by atoms with E-state index in [1.165, 1.54) is 4.90 Å². The third kappa shape index (κ3) is 5.92. The van der Waals surface area contributed by atoms with Crippen LogP contribution in [0.5, 0.6) is 0 Å². The van der Waals surface area contributed by atoms with Crippen molar-refractivity contribution in [1.29, 1.82) is 10.5 Å². The first-order chi connectivity index (χ1) is 11.0. The largest absolute Gasteiger partial charge is 0.341 e. The molecule has 0 saturated carbocycles. The fourth-order valence-electron chi connectivity index (χ4n) is 2.17. The minimum absolute atomic E-state index is 0.0676. The van der Waals surface area contributed by atoms with E-state index in [1.54, 1.807) is 6.07 Å². The van der Waals surface area contributed by atoms with Crippen LogP contribution in [0.2, 0.25) is 0 Å². The Balaban J connectivity index is 2.61. The molecule has 0 unspecified atom stereocenters. The van der Waals surface area contributed by atoms with Gasteiger partial charge < -0.3 is 4.90 Å². The first-order valence-corrected chi connectivity index (χ1v) is 7.61. The van der Waals surface area contributed by atoms with Crippen molar-refractivity contribution < 1.29 is 9.59 Å². The molecule has 0 N–H and O–H groups in total. The van der Waals surface area contributed by atoms with Crippen molar-refractivity contribution in [2.24, 2.45) is 0 Å². The van der Waals surface area contributed by atoms with Gasteiger partial charge in [0.1, 0.15) is 0 Å². The summed E-state index contributed by atoms with van der Waals surface area (Å²) in [5.74, 6) is -0.255. The Morgan fingerprint density at radius 2 is 1.61 bits per heavy atom. The molecule has 1 aromatic rings. The van der Waals surface area contributed by atoms with Gasteiger partial charge in [-0.15, -0.1) is 0 Å². The molecule has 23 heavy (non-hydrogen) atoms. The van der Waals surface area contributed by atoms with E-state index >= 15 is 0 Å². The molecule has 0 aliphatic rings. The number of carbonyl (C=O) groups is 2. The van der Waals surface area contributed by atoms with E-state index in [0.717, 1.165) is 11.1 Å². The highest BCUT2D eigenvalue weighted by Crippen LogP contribution is 2.13. The summed E-state index contributed by atoms with van der Waals surface area (Å²) < 4.78 is 0. The SMILES string of the molecule is Cc1ccc(C(=O)CCC(=O)N(CCC#N)CCC#N)cc1C. The van der Waals surface area contributed by atoms with Crippen LogP contribution in [0.25, 0.3) is 0 Å². The molecule has 0 aromatic heterocycles. The second kappa shape index (κ2) is 9.38. The molecular weight excluding hydrogens is 290 g/mol. The Bertz CT molecular complexity index is 635. The molecule has 1 aromatic carbocycles. The summed E-state index contributed by atoms with van der Waals surface area (Å²) in [6.45, 7) is 4.53. The average Bonchev–Trinajstić information content (AvgIpc) is 2.55. The number of aryl methyl sites for hydroxylation is 2. The van der Waals surface area contributed by atoms with E-state index in [2.05, 4.69) is 0 Å². The van der Waals surface area contributed by atoms with E-state index in [0.29, 0.717) is 18.7 Å². The second-order valence-corrected chi connectivity index (χ2v) is 5.42. The van der Waals surface area contributed by atoms with E-state index in [4.69, 9.17) is 10.5 Å². The highest BCUT2D eigenvalue weighted by Gasteiger charge is 2.15. The van der Waals surface area contributed by atoms with Gasteiger partial charge in [0.2, 0.25) is 5.91 Å². The normalized spacial score (nSPS) is 9.74. The van der Waals surface area contributed by atoms with Gasteiger partial charge in [0.15, 0.2) is 5.78 Å². The molecule has 120 valence electrons. The summed E-state index contributed by atoms with van der Waals surface area (Å²) in [5, 5.41) is 17.3. The van der Waals surface area contributed by atoms with Crippen LogP contribution in [0.1, 0.15) is 47.2 Å². The summed E-state index contributed by atoms with van der Waals surface area (Å²) in [6, 6.07) is 9.49. The minimum atomic E-state index is -0.187. The van der Waals surface area contributed by atoms with Crippen LogP contribution in [-0.4, -0.2) is 29.7 Å². The zero-order valence-electron chi connectivity index (χ0n) is 13.6. The Morgan fingerprint density at radius 3 is 2.13 bits per heavy atom. The van der Waals surface area contributed by atoms with Crippen LogP contribution in [0.4, 0.5) is 0 Å². The van der Waals surface area contributed by atoms with Crippen LogP contribution < -0.4 is 0 Å². The van der Waals surface area contributed by atoms with Crippen molar-refractivity contribution in [2.75, 3.05) is 13.1 Å². The van der Waals surface area contributed by atoms with Crippen LogP contribution in [-0.2, 0) is 4.79 Å². The van der Waals surface area contributed by atoms with Crippen LogP contribution in [0, 0.1) is 36.5 Å². The fraction of sp³-hybridized carbons (Fsp3) is 0.444. The smallest absolute Gasteiger partial charge is 0.223 e. The van der Waals surface area contributed by atoms with Crippen molar-refractivity contribution >= 4 is 11.7 Å². The van der Waals surface area contributed by atoms with Gasteiger partial charge in [-0.2, -0.15) is 10.5 Å². The summed E-state index contributed by atoms with van der Waals surface area (Å²) in [6.07, 6.45) is 0.685. The van der Waals surface area contributed by atoms with Crippen molar-refractivity contribution in [3.8, 4) is 12.1 Å². The predicted molar refractivity (Wildman–Crippen MR) is 86.5 cm³/mol. The zero-order valence-corrected chi connectivity index (χ0v) is 13.6. The van der Waals surface area contributed by atoms with Gasteiger partial charge in [-0.25, -0.2) is 0 Å². The molecule has 5 heteroatoms. The third-order valence-electron chi connectivity index (χ3n) is 3.73. The number of hydrogen-bond acceptors (Lipinski definition) is 4. The maximum Gasteiger partial charge on any atom is 0.223 e. The van der Waals surface area contributed by atoms with Crippen LogP contribution in [0.3, 0.4) is 0 Å². The maximum atomic E-state index is 12.2. The molecule has 0 radical (unpaired) electrons. The molecule has 0 aliphatic carbocycles. The summed E-state index contributed by atoms with van der Waals surface area (Å²) in [4.78, 5) is 25.8. The number of Topliss-reactive ketones (excluding diaryl/α,β-unsaturated/α-hetero) is 1. The maximum absolute atomic E-state index is 12.2. The van der Waals surface area contributed by atoms with Gasteiger partial charge in [0, 0.05) is 31.5 Å². The number of amides is 1. The molecule has 0 spiro atoms. The lowest BCUT2D eigenvalue weighted by Crippen LogP contribution is -2.33. The van der Waals surface area contributed by atoms with Gasteiger partial charge in [-0.1, -0.05) is 12.1 Å². The van der Waals surface area contributed by atoms with Crippen molar-refractivity contribution in [3.63, 3.8) is 0 Å². The van der Waals surface area contributed by atoms with Gasteiger partial charge in [-0.05, 0) is 31.0 Å². The average molecular weight is 311 g/mol. The molecule has 5 nitrogen and oxygen atoms in total. The molecule has 0 atom stereocenters. The number of ketones is 1. The quantitative estimate of drug-likeness (QED) is 0.691. The molecule has 1 amide bonds. The molecule has 0 heterocycles. The van der Waals surface area contributed by atoms with Crippen molar-refractivity contribution in [1.82, 2.24) is 4.90 Å². The summed E-state index contributed by atoms with van der Waals surface area (Å²) >= 11 is 0. The predicted octanol–water partition coefficient (Wildman–Crippen LogP) is 2.92. The van der Waals surface area contributed by atoms with E-state index in [-0.39, 0.29) is 37.4 Å². The van der Waals surface area contributed by atoms with Crippen molar-refractivity contribution in [3.05, 3.63) is 34.9 Å². The van der Waals surface area contributed by atoms with Gasteiger partial charge >= 0.3 is 0 Å². The first-order valence-electron chi connectivity index (χ1n) is 7.61. The van der Waals surface area contributed by atoms with E-state index < -0.39 is 0 Å². The fourth-order valence-corrected chi connectivity index (χ4v) is 2.17. The zero-order chi connectivity index (χ0) is 17.2. The van der Waals surface area contributed by atoms with Gasteiger partial charge in [-0.3, -0.25) is 9.59 Å². The van der Waals surface area contributed by atoms with Crippen molar-refractivity contribution in [2.45, 2.75) is 39.5 Å². The van der Waals surface area contributed by atoms with Crippen LogP contribution in [0.15, 0.2) is 18.2 Å². The van der Waals surface area contributed by atoms with Gasteiger partial charge in [0.25, 0.3) is 0 Å². The second-order valence-electron chi connectivity index (χ2n) is 5.42. The van der Waals surface area contributed by atoms with Crippen LogP contribution >= 0.6 is 0 Å². The topological polar surface area (TPSA) is 85.0 Å². The molecule has 0 aliphatic heterocycles. The lowest BCUT2D eigenvalue weighted by Gasteiger charge is -2.20. The number of benzene rings is 1. The lowest BCUT2D eigenvalue weighted by atomic mass is 10.0. The molecule has 0 fully saturated rings.